The number of rotatable bonds is 7. The Kier molecular flexibility index (Phi) is 6.01. The van der Waals surface area contributed by atoms with Crippen LogP contribution in [0, 0.1) is 11.3 Å². The molecule has 0 N–H and O–H groups in total. The highest BCUT2D eigenvalue weighted by atomic mass is 32.2. The normalized spacial score (nSPS) is 14.2. The monoisotopic (exact) mass is 456 g/mol. The molecule has 0 unspecified atom stereocenters. The van der Waals surface area contributed by atoms with Crippen molar-refractivity contribution in [1.82, 2.24) is 14.1 Å². The topological polar surface area (TPSA) is 80.7 Å². The van der Waals surface area contributed by atoms with Crippen LogP contribution in [-0.2, 0) is 6.54 Å². The molecule has 2 heterocycles. The molecule has 0 bridgehead atoms. The van der Waals surface area contributed by atoms with Crippen molar-refractivity contribution in [2.75, 3.05) is 5.75 Å². The van der Waals surface area contributed by atoms with Gasteiger partial charge in [0.2, 0.25) is 0 Å². The van der Waals surface area contributed by atoms with Gasteiger partial charge in [-0.05, 0) is 31.0 Å². The van der Waals surface area contributed by atoms with Gasteiger partial charge in [-0.2, -0.15) is 5.26 Å². The van der Waals surface area contributed by atoms with Gasteiger partial charge < -0.3 is 4.57 Å². The molecule has 33 heavy (non-hydrogen) atoms. The lowest BCUT2D eigenvalue weighted by Gasteiger charge is -2.18. The third-order valence-corrected chi connectivity index (χ3v) is 7.30. The van der Waals surface area contributed by atoms with Crippen LogP contribution < -0.4 is 5.56 Å². The van der Waals surface area contributed by atoms with Crippen LogP contribution in [0.3, 0.4) is 0 Å². The number of nitrogens with zero attached hydrogens (tertiary/aromatic N) is 4. The van der Waals surface area contributed by atoms with E-state index >= 15 is 0 Å². The van der Waals surface area contributed by atoms with E-state index in [-0.39, 0.29) is 23.1 Å². The summed E-state index contributed by atoms with van der Waals surface area (Å²) < 4.78 is 3.79. The Bertz CT molecular complexity index is 1440. The summed E-state index contributed by atoms with van der Waals surface area (Å²) >= 11 is 1.34. The molecular weight excluding hydrogens is 432 g/mol. The Balaban J connectivity index is 1.48. The highest BCUT2D eigenvalue weighted by Gasteiger charge is 2.24. The minimum absolute atomic E-state index is 0.00714. The van der Waals surface area contributed by atoms with Gasteiger partial charge in [-0.3, -0.25) is 14.2 Å². The van der Waals surface area contributed by atoms with Crippen molar-refractivity contribution >= 4 is 39.4 Å². The van der Waals surface area contributed by atoms with Crippen molar-refractivity contribution in [2.45, 2.75) is 49.8 Å². The molecule has 166 valence electrons. The molecule has 5 rings (SSSR count). The molecule has 0 amide bonds. The minimum Gasteiger partial charge on any atom is -0.346 e. The fourth-order valence-electron chi connectivity index (χ4n) is 4.74. The third-order valence-electron chi connectivity index (χ3n) is 6.35. The van der Waals surface area contributed by atoms with E-state index in [0.29, 0.717) is 34.6 Å². The van der Waals surface area contributed by atoms with Gasteiger partial charge in [0, 0.05) is 35.2 Å². The van der Waals surface area contributed by atoms with Crippen LogP contribution in [0.5, 0.6) is 0 Å². The standard InChI is InChI=1S/C26H24N4O2S/c27-14-7-15-29-16-21(19-10-4-6-13-23(19)29)24(31)17-33-26-28-22-12-5-3-11-20(22)25(32)30(26)18-8-1-2-9-18/h3-6,10-13,16,18H,1-2,7-9,15,17H2. The lowest BCUT2D eigenvalue weighted by Crippen LogP contribution is -2.26. The van der Waals surface area contributed by atoms with Crippen LogP contribution in [0.25, 0.3) is 21.8 Å². The number of hydrogen-bond donors (Lipinski definition) is 0. The van der Waals surface area contributed by atoms with Crippen molar-refractivity contribution in [3.05, 3.63) is 70.6 Å². The number of hydrogen-bond acceptors (Lipinski definition) is 5. The van der Waals surface area contributed by atoms with Gasteiger partial charge in [-0.25, -0.2) is 4.98 Å². The van der Waals surface area contributed by atoms with E-state index in [1.165, 1.54) is 11.8 Å². The maximum absolute atomic E-state index is 13.3. The zero-order valence-electron chi connectivity index (χ0n) is 18.2. The maximum Gasteiger partial charge on any atom is 0.262 e. The molecule has 6 nitrogen and oxygen atoms in total. The number of carbonyl (C=O) groups excluding carboxylic acids is 1. The average Bonchev–Trinajstić information content (AvgIpc) is 3.50. The number of Topliss-reactive ketones (excluding diaryl/α,β-unsaturated/α-hetero) is 1. The van der Waals surface area contributed by atoms with Gasteiger partial charge in [0.15, 0.2) is 10.9 Å². The maximum atomic E-state index is 13.3. The molecule has 2 aromatic carbocycles. The van der Waals surface area contributed by atoms with Crippen LogP contribution in [0.2, 0.25) is 0 Å². The number of carbonyl (C=O) groups is 1. The first-order valence-electron chi connectivity index (χ1n) is 11.3. The Morgan fingerprint density at radius 1 is 1.09 bits per heavy atom. The molecule has 0 radical (unpaired) electrons. The number of benzene rings is 2. The summed E-state index contributed by atoms with van der Waals surface area (Å²) in [4.78, 5) is 31.4. The number of aryl methyl sites for hydroxylation is 1. The summed E-state index contributed by atoms with van der Waals surface area (Å²) in [5.41, 5.74) is 2.25. The Hall–Kier alpha value is -3.37. The molecule has 1 fully saturated rings. The molecule has 0 spiro atoms. The van der Waals surface area contributed by atoms with Crippen LogP contribution in [0.1, 0.15) is 48.5 Å². The molecule has 2 aromatic heterocycles. The fraction of sp³-hybridized carbons (Fsp3) is 0.308. The molecule has 1 aliphatic rings. The SMILES string of the molecule is N#CCCn1cc(C(=O)CSc2nc3ccccc3c(=O)n2C2CCCC2)c2ccccc21. The smallest absolute Gasteiger partial charge is 0.262 e. The molecular formula is C26H24N4O2S. The van der Waals surface area contributed by atoms with Gasteiger partial charge in [-0.15, -0.1) is 0 Å². The van der Waals surface area contributed by atoms with Crippen LogP contribution in [-0.4, -0.2) is 25.7 Å². The Morgan fingerprint density at radius 3 is 2.61 bits per heavy atom. The summed E-state index contributed by atoms with van der Waals surface area (Å²) in [6.45, 7) is 0.547. The van der Waals surface area contributed by atoms with E-state index in [1.807, 2.05) is 63.9 Å². The molecule has 1 aliphatic carbocycles. The molecule has 0 aliphatic heterocycles. The molecule has 0 saturated heterocycles. The van der Waals surface area contributed by atoms with Crippen LogP contribution in [0.4, 0.5) is 0 Å². The van der Waals surface area contributed by atoms with E-state index in [2.05, 4.69) is 6.07 Å². The van der Waals surface area contributed by atoms with E-state index in [0.717, 1.165) is 36.6 Å². The van der Waals surface area contributed by atoms with Crippen molar-refractivity contribution < 1.29 is 4.79 Å². The number of aromatic nitrogens is 3. The zero-order valence-corrected chi connectivity index (χ0v) is 19.1. The second-order valence-electron chi connectivity index (χ2n) is 8.40. The van der Waals surface area contributed by atoms with Gasteiger partial charge >= 0.3 is 0 Å². The summed E-state index contributed by atoms with van der Waals surface area (Å²) in [5.74, 6) is 0.191. The highest BCUT2D eigenvalue weighted by Crippen LogP contribution is 2.32. The van der Waals surface area contributed by atoms with Crippen molar-refractivity contribution in [2.24, 2.45) is 0 Å². The van der Waals surface area contributed by atoms with E-state index in [1.54, 1.807) is 0 Å². The average molecular weight is 457 g/mol. The molecule has 0 atom stereocenters. The number of fused-ring (bicyclic) bond motifs is 2. The summed E-state index contributed by atoms with van der Waals surface area (Å²) in [6, 6.07) is 17.5. The van der Waals surface area contributed by atoms with E-state index in [9.17, 15) is 9.59 Å². The summed E-state index contributed by atoms with van der Waals surface area (Å²) in [5, 5.41) is 11.1. The second kappa shape index (κ2) is 9.24. The number of ketones is 1. The lowest BCUT2D eigenvalue weighted by molar-refractivity contribution is 0.102. The van der Waals surface area contributed by atoms with Gasteiger partial charge in [0.1, 0.15) is 0 Å². The predicted octanol–water partition coefficient (Wildman–Crippen LogP) is 5.35. The quantitative estimate of drug-likeness (QED) is 0.213. The first-order chi connectivity index (χ1) is 16.2. The van der Waals surface area contributed by atoms with E-state index in [4.69, 9.17) is 10.2 Å². The summed E-state index contributed by atoms with van der Waals surface area (Å²) in [6.07, 6.45) is 6.38. The minimum atomic E-state index is -0.0180. The van der Waals surface area contributed by atoms with Gasteiger partial charge in [0.25, 0.3) is 5.56 Å². The molecule has 4 aromatic rings. The molecule has 1 saturated carbocycles. The first-order valence-corrected chi connectivity index (χ1v) is 12.3. The largest absolute Gasteiger partial charge is 0.346 e. The first kappa shape index (κ1) is 21.5. The molecule has 7 heteroatoms. The van der Waals surface area contributed by atoms with Crippen molar-refractivity contribution in [3.63, 3.8) is 0 Å². The van der Waals surface area contributed by atoms with Crippen LogP contribution >= 0.6 is 11.8 Å². The highest BCUT2D eigenvalue weighted by molar-refractivity contribution is 7.99. The number of nitriles is 1. The predicted molar refractivity (Wildman–Crippen MR) is 131 cm³/mol. The third kappa shape index (κ3) is 4.07. The van der Waals surface area contributed by atoms with E-state index < -0.39 is 0 Å². The number of para-hydroxylation sites is 2. The zero-order chi connectivity index (χ0) is 22.8. The fourth-order valence-corrected chi connectivity index (χ4v) is 5.69. The van der Waals surface area contributed by atoms with Crippen LogP contribution in [0.15, 0.2) is 64.7 Å². The summed E-state index contributed by atoms with van der Waals surface area (Å²) in [7, 11) is 0. The Labute approximate surface area is 195 Å². The Morgan fingerprint density at radius 2 is 1.82 bits per heavy atom. The number of thioether (sulfide) groups is 1. The van der Waals surface area contributed by atoms with Gasteiger partial charge in [0.05, 0.1) is 29.1 Å². The second-order valence-corrected chi connectivity index (χ2v) is 9.34. The van der Waals surface area contributed by atoms with Crippen molar-refractivity contribution in [1.29, 1.82) is 5.26 Å². The van der Waals surface area contributed by atoms with Gasteiger partial charge in [-0.1, -0.05) is 54.9 Å². The lowest BCUT2D eigenvalue weighted by atomic mass is 10.1. The van der Waals surface area contributed by atoms with Crippen molar-refractivity contribution in [3.8, 4) is 6.07 Å².